The van der Waals surface area contributed by atoms with Gasteiger partial charge in [-0.05, 0) is 70.6 Å². The number of ether oxygens (including phenoxy) is 3. The molecule has 0 saturated carbocycles. The van der Waals surface area contributed by atoms with Crippen LogP contribution in [0.5, 0.6) is 0 Å². The molecule has 1 aliphatic heterocycles. The average molecular weight is 1120 g/mol. The summed E-state index contributed by atoms with van der Waals surface area (Å²) in [5.74, 6) is -0.187. The first-order valence-corrected chi connectivity index (χ1v) is 33.8. The molecule has 1 aliphatic rings. The Bertz CT molecular complexity index is 1410. The monoisotopic (exact) mass is 1120 g/mol. The summed E-state index contributed by atoms with van der Waals surface area (Å²) in [6.45, 7) is 4.34. The van der Waals surface area contributed by atoms with E-state index >= 15 is 0 Å². The molecule has 0 bridgehead atoms. The van der Waals surface area contributed by atoms with Gasteiger partial charge in [0.1, 0.15) is 24.4 Å². The van der Waals surface area contributed by atoms with Crippen LogP contribution in [-0.2, 0) is 23.8 Å². The Labute approximate surface area is 485 Å². The lowest BCUT2D eigenvalue weighted by molar-refractivity contribution is -0.302. The third kappa shape index (κ3) is 47.0. The van der Waals surface area contributed by atoms with Crippen LogP contribution >= 0.6 is 0 Å². The normalized spacial score (nSPS) is 18.6. The van der Waals surface area contributed by atoms with E-state index in [0.717, 1.165) is 57.8 Å². The number of rotatable bonds is 59. The molecule has 6 N–H and O–H groups in total. The number of esters is 1. The van der Waals surface area contributed by atoms with Crippen LogP contribution in [0.3, 0.4) is 0 Å². The maximum atomic E-state index is 13.1. The van der Waals surface area contributed by atoms with Crippen LogP contribution < -0.4 is 5.32 Å². The fraction of sp³-hybridized carbons (Fsp3) is 0.882. The molecule has 1 saturated heterocycles. The van der Waals surface area contributed by atoms with E-state index in [4.69, 9.17) is 14.2 Å². The Kier molecular flexibility index (Phi) is 54.7. The van der Waals surface area contributed by atoms with Gasteiger partial charge in [0.05, 0.1) is 32.0 Å². The molecule has 0 aromatic carbocycles. The largest absolute Gasteiger partial charge is 0.466 e. The maximum absolute atomic E-state index is 13.1. The number of carbonyl (C=O) groups is 2. The highest BCUT2D eigenvalue weighted by Crippen LogP contribution is 2.23. The fourth-order valence-electron chi connectivity index (χ4n) is 10.6. The Hall–Kier alpha value is -2.12. The first-order chi connectivity index (χ1) is 38.7. The summed E-state index contributed by atoms with van der Waals surface area (Å²) >= 11 is 0. The quantitative estimate of drug-likeness (QED) is 0.0195. The van der Waals surface area contributed by atoms with E-state index in [1.807, 2.05) is 6.08 Å². The summed E-state index contributed by atoms with van der Waals surface area (Å²) in [4.78, 5) is 25.1. The van der Waals surface area contributed by atoms with Gasteiger partial charge in [-0.15, -0.1) is 0 Å². The standard InChI is InChI=1S/C68H127NO10/c1-3-5-7-9-11-13-15-31-35-38-42-46-50-54-61(71)60(59-78-68-67(76)66(75)65(74)62(58-70)79-68)69-63(72)55-51-47-43-39-36-32-29-27-25-23-21-19-17-16-18-20-22-24-26-28-30-33-37-41-45-49-53-57-77-64(73)56-52-48-44-40-34-14-12-10-8-6-4-2/h16-17,35,38,50,54,60-62,65-68,70-71,74-76H,3-15,18-34,36-37,39-49,51-53,55-59H2,1-2H3,(H,69,72)/b17-16-,38-35+,54-50+. The van der Waals surface area contributed by atoms with Crippen molar-refractivity contribution in [1.82, 2.24) is 5.32 Å². The van der Waals surface area contributed by atoms with Crippen molar-refractivity contribution < 1.29 is 49.3 Å². The molecular formula is C68H127NO10. The first-order valence-electron chi connectivity index (χ1n) is 33.8. The zero-order valence-electron chi connectivity index (χ0n) is 51.3. The van der Waals surface area contributed by atoms with Crippen molar-refractivity contribution in [3.8, 4) is 0 Å². The second kappa shape index (κ2) is 57.7. The Balaban J connectivity index is 2.01. The van der Waals surface area contributed by atoms with Gasteiger partial charge in [-0.25, -0.2) is 0 Å². The maximum Gasteiger partial charge on any atom is 0.305 e. The topological polar surface area (TPSA) is 175 Å². The number of allylic oxidation sites excluding steroid dienone is 5. The lowest BCUT2D eigenvalue weighted by Crippen LogP contribution is -2.60. The van der Waals surface area contributed by atoms with Crippen molar-refractivity contribution in [2.24, 2.45) is 0 Å². The number of amides is 1. The van der Waals surface area contributed by atoms with E-state index in [1.165, 1.54) is 238 Å². The van der Waals surface area contributed by atoms with Crippen LogP contribution in [0.15, 0.2) is 36.5 Å². The van der Waals surface area contributed by atoms with Gasteiger partial charge in [0.25, 0.3) is 0 Å². The van der Waals surface area contributed by atoms with E-state index in [-0.39, 0.29) is 18.5 Å². The molecule has 79 heavy (non-hydrogen) atoms. The number of hydrogen-bond acceptors (Lipinski definition) is 10. The molecule has 0 aromatic heterocycles. The van der Waals surface area contributed by atoms with Gasteiger partial charge in [0.2, 0.25) is 5.91 Å². The highest BCUT2D eigenvalue weighted by Gasteiger charge is 2.44. The van der Waals surface area contributed by atoms with Gasteiger partial charge in [-0.1, -0.05) is 275 Å². The predicted molar refractivity (Wildman–Crippen MR) is 329 cm³/mol. The Morgan fingerprint density at radius 2 is 0.823 bits per heavy atom. The van der Waals surface area contributed by atoms with E-state index in [9.17, 15) is 35.1 Å². The van der Waals surface area contributed by atoms with Crippen molar-refractivity contribution in [3.05, 3.63) is 36.5 Å². The van der Waals surface area contributed by atoms with Crippen LogP contribution in [0.25, 0.3) is 0 Å². The molecule has 1 heterocycles. The average Bonchev–Trinajstić information content (AvgIpc) is 3.49. The van der Waals surface area contributed by atoms with E-state index in [2.05, 4.69) is 43.5 Å². The molecule has 11 heteroatoms. The SMILES string of the molecule is CCCCCCCCC/C=C/CC/C=C/C(O)C(COC1OC(CO)C(O)C(O)C1O)NC(=O)CCCCCCCCCCCCC/C=C\CCCCCCCCCCCCCCOC(=O)CCCCCCCCCCCCC. The molecule has 7 unspecified atom stereocenters. The highest BCUT2D eigenvalue weighted by atomic mass is 16.7. The lowest BCUT2D eigenvalue weighted by Gasteiger charge is -2.40. The number of aliphatic hydroxyl groups excluding tert-OH is 5. The molecule has 0 aliphatic carbocycles. The summed E-state index contributed by atoms with van der Waals surface area (Å²) in [5, 5.41) is 54.4. The number of unbranched alkanes of at least 4 members (excludes halogenated alkanes) is 41. The smallest absolute Gasteiger partial charge is 0.305 e. The summed E-state index contributed by atoms with van der Waals surface area (Å²) in [6.07, 6.45) is 62.6. The summed E-state index contributed by atoms with van der Waals surface area (Å²) in [5.41, 5.74) is 0. The van der Waals surface area contributed by atoms with Crippen LogP contribution in [0.1, 0.15) is 322 Å². The Morgan fingerprint density at radius 1 is 0.456 bits per heavy atom. The number of aliphatic hydroxyl groups is 5. The molecule has 11 nitrogen and oxygen atoms in total. The molecule has 0 spiro atoms. The zero-order chi connectivity index (χ0) is 57.3. The molecule has 7 atom stereocenters. The van der Waals surface area contributed by atoms with Crippen molar-refractivity contribution in [3.63, 3.8) is 0 Å². The molecule has 0 radical (unpaired) electrons. The summed E-state index contributed by atoms with van der Waals surface area (Å²) < 4.78 is 16.7. The van der Waals surface area contributed by atoms with Gasteiger partial charge < -0.3 is 45.1 Å². The number of nitrogens with one attached hydrogen (secondary N) is 1. The second-order valence-electron chi connectivity index (χ2n) is 23.5. The zero-order valence-corrected chi connectivity index (χ0v) is 51.3. The van der Waals surface area contributed by atoms with E-state index < -0.39 is 49.5 Å². The van der Waals surface area contributed by atoms with Crippen LogP contribution in [-0.4, -0.2) is 100 Å². The minimum Gasteiger partial charge on any atom is -0.466 e. The van der Waals surface area contributed by atoms with Crippen molar-refractivity contribution >= 4 is 11.9 Å². The summed E-state index contributed by atoms with van der Waals surface area (Å²) in [6, 6.07) is -0.828. The van der Waals surface area contributed by atoms with Crippen molar-refractivity contribution in [2.45, 2.75) is 365 Å². The first kappa shape index (κ1) is 74.9. The van der Waals surface area contributed by atoms with Crippen molar-refractivity contribution in [2.75, 3.05) is 19.8 Å². The number of carbonyl (C=O) groups excluding carboxylic acids is 2. The molecule has 1 fully saturated rings. The summed E-state index contributed by atoms with van der Waals surface area (Å²) in [7, 11) is 0. The molecular weight excluding hydrogens is 991 g/mol. The minimum atomic E-state index is -1.58. The highest BCUT2D eigenvalue weighted by molar-refractivity contribution is 5.76. The molecule has 464 valence electrons. The predicted octanol–water partition coefficient (Wildman–Crippen LogP) is 16.6. The van der Waals surface area contributed by atoms with Crippen LogP contribution in [0.4, 0.5) is 0 Å². The van der Waals surface area contributed by atoms with E-state index in [1.54, 1.807) is 6.08 Å². The lowest BCUT2D eigenvalue weighted by atomic mass is 9.99. The van der Waals surface area contributed by atoms with Crippen LogP contribution in [0, 0.1) is 0 Å². The Morgan fingerprint density at radius 3 is 1.25 bits per heavy atom. The van der Waals surface area contributed by atoms with E-state index in [0.29, 0.717) is 19.4 Å². The molecule has 0 aromatic rings. The third-order valence-corrected chi connectivity index (χ3v) is 16.0. The van der Waals surface area contributed by atoms with Gasteiger partial charge in [0, 0.05) is 12.8 Å². The van der Waals surface area contributed by atoms with Crippen molar-refractivity contribution in [1.29, 1.82) is 0 Å². The van der Waals surface area contributed by atoms with Gasteiger partial charge in [-0.3, -0.25) is 9.59 Å². The molecule has 1 amide bonds. The third-order valence-electron chi connectivity index (χ3n) is 16.0. The fourth-order valence-corrected chi connectivity index (χ4v) is 10.6. The van der Waals surface area contributed by atoms with Gasteiger partial charge in [-0.2, -0.15) is 0 Å². The van der Waals surface area contributed by atoms with Crippen LogP contribution in [0.2, 0.25) is 0 Å². The molecule has 1 rings (SSSR count). The van der Waals surface area contributed by atoms with Gasteiger partial charge >= 0.3 is 5.97 Å². The van der Waals surface area contributed by atoms with Gasteiger partial charge in [0.15, 0.2) is 6.29 Å². The number of hydrogen-bond donors (Lipinski definition) is 6. The second-order valence-corrected chi connectivity index (χ2v) is 23.5. The minimum absolute atomic E-state index is 0.00506.